The zero-order chi connectivity index (χ0) is 13.6. The lowest BCUT2D eigenvalue weighted by Gasteiger charge is -2.34. The van der Waals surface area contributed by atoms with Crippen LogP contribution in [0.1, 0.15) is 26.2 Å². The fourth-order valence-corrected chi connectivity index (χ4v) is 2.88. The summed E-state index contributed by atoms with van der Waals surface area (Å²) in [7, 11) is 0. The topological polar surface area (TPSA) is 15.3 Å². The first-order chi connectivity index (χ1) is 8.40. The van der Waals surface area contributed by atoms with E-state index in [4.69, 9.17) is 0 Å². The van der Waals surface area contributed by atoms with Gasteiger partial charge in [0.1, 0.15) is 0 Å². The smallest absolute Gasteiger partial charge is 0.311 e. The van der Waals surface area contributed by atoms with Gasteiger partial charge < -0.3 is 5.32 Å². The minimum absolute atomic E-state index is 0.381. The number of piperidine rings is 1. The van der Waals surface area contributed by atoms with Crippen molar-refractivity contribution < 1.29 is 13.2 Å². The molecule has 1 fully saturated rings. The molecule has 1 N–H and O–H groups in total. The van der Waals surface area contributed by atoms with E-state index in [1.54, 1.807) is 0 Å². The molecule has 108 valence electrons. The molecular formula is C12H23F3N2S. The van der Waals surface area contributed by atoms with Crippen molar-refractivity contribution in [2.24, 2.45) is 0 Å². The van der Waals surface area contributed by atoms with Crippen LogP contribution in [-0.4, -0.2) is 54.8 Å². The molecule has 0 saturated carbocycles. The van der Waals surface area contributed by atoms with Crippen LogP contribution in [0.15, 0.2) is 0 Å². The Hall–Kier alpha value is 0.0600. The number of rotatable bonds is 6. The van der Waals surface area contributed by atoms with Gasteiger partial charge in [0.05, 0.1) is 6.54 Å². The molecule has 0 bridgehead atoms. The van der Waals surface area contributed by atoms with Crippen molar-refractivity contribution in [3.63, 3.8) is 0 Å². The van der Waals surface area contributed by atoms with Crippen LogP contribution in [0.25, 0.3) is 0 Å². The van der Waals surface area contributed by atoms with Gasteiger partial charge in [-0.15, -0.1) is 0 Å². The molecule has 1 rings (SSSR count). The Balaban J connectivity index is 2.19. The molecule has 0 aromatic rings. The second-order valence-corrected chi connectivity index (χ2v) is 6.00. The monoisotopic (exact) mass is 284 g/mol. The molecule has 1 heterocycles. The van der Waals surface area contributed by atoms with Crippen LogP contribution < -0.4 is 5.32 Å². The van der Waals surface area contributed by atoms with Gasteiger partial charge in [-0.25, -0.2) is 0 Å². The van der Waals surface area contributed by atoms with Crippen LogP contribution in [0.3, 0.4) is 0 Å². The molecule has 18 heavy (non-hydrogen) atoms. The number of alkyl halides is 3. The Morgan fingerprint density at radius 2 is 1.94 bits per heavy atom. The van der Waals surface area contributed by atoms with Gasteiger partial charge in [-0.1, -0.05) is 0 Å². The molecule has 6 heteroatoms. The lowest BCUT2D eigenvalue weighted by molar-refractivity contribution is -0.148. The van der Waals surface area contributed by atoms with E-state index in [0.717, 1.165) is 25.0 Å². The molecule has 1 aliphatic rings. The van der Waals surface area contributed by atoms with Crippen molar-refractivity contribution in [1.29, 1.82) is 0 Å². The lowest BCUT2D eigenvalue weighted by Crippen LogP contribution is -2.47. The van der Waals surface area contributed by atoms with Crippen LogP contribution in [-0.2, 0) is 0 Å². The zero-order valence-electron chi connectivity index (χ0n) is 11.1. The third-order valence-corrected chi connectivity index (χ3v) is 3.91. The Bertz CT molecular complexity index is 228. The Morgan fingerprint density at radius 3 is 2.44 bits per heavy atom. The minimum Gasteiger partial charge on any atom is -0.311 e. The molecule has 2 nitrogen and oxygen atoms in total. The van der Waals surface area contributed by atoms with Crippen LogP contribution in [0.2, 0.25) is 0 Å². The summed E-state index contributed by atoms with van der Waals surface area (Å²) in [5.74, 6) is 1.13. The maximum Gasteiger partial charge on any atom is 0.401 e. The Labute approximate surface area is 112 Å². The molecule has 0 aliphatic carbocycles. The molecule has 0 spiro atoms. The summed E-state index contributed by atoms with van der Waals surface area (Å²) in [5, 5.41) is 3.52. The second-order valence-electron chi connectivity index (χ2n) is 5.01. The average molecular weight is 284 g/mol. The van der Waals surface area contributed by atoms with Crippen molar-refractivity contribution in [3.8, 4) is 0 Å². The highest BCUT2D eigenvalue weighted by molar-refractivity contribution is 7.98. The van der Waals surface area contributed by atoms with Gasteiger partial charge in [0, 0.05) is 12.1 Å². The number of thioether (sulfide) groups is 1. The SMILES string of the molecule is CSCCC(C)NC1CCN(CC(F)(F)F)CC1. The fourth-order valence-electron chi connectivity index (χ4n) is 2.29. The molecule has 0 radical (unpaired) electrons. The predicted molar refractivity (Wildman–Crippen MR) is 71.1 cm³/mol. The number of hydrogen-bond donors (Lipinski definition) is 1. The quantitative estimate of drug-likeness (QED) is 0.807. The fraction of sp³-hybridized carbons (Fsp3) is 1.00. The highest BCUT2D eigenvalue weighted by Gasteiger charge is 2.32. The third-order valence-electron chi connectivity index (χ3n) is 3.27. The van der Waals surface area contributed by atoms with Gasteiger partial charge in [-0.05, 0) is 51.3 Å². The van der Waals surface area contributed by atoms with Gasteiger partial charge in [0.2, 0.25) is 0 Å². The van der Waals surface area contributed by atoms with E-state index in [2.05, 4.69) is 18.5 Å². The Morgan fingerprint density at radius 1 is 1.33 bits per heavy atom. The van der Waals surface area contributed by atoms with E-state index in [1.165, 1.54) is 4.90 Å². The first-order valence-corrected chi connectivity index (χ1v) is 7.84. The van der Waals surface area contributed by atoms with Crippen molar-refractivity contribution in [1.82, 2.24) is 10.2 Å². The number of nitrogens with one attached hydrogen (secondary N) is 1. The molecule has 1 atom stereocenters. The molecule has 0 aromatic carbocycles. The standard InChI is InChI=1S/C12H23F3N2S/c1-10(5-8-18-2)16-11-3-6-17(7-4-11)9-12(13,14)15/h10-11,16H,3-9H2,1-2H3. The second kappa shape index (κ2) is 7.60. The summed E-state index contributed by atoms with van der Waals surface area (Å²) in [4.78, 5) is 1.50. The highest BCUT2D eigenvalue weighted by atomic mass is 32.2. The zero-order valence-corrected chi connectivity index (χ0v) is 11.9. The van der Waals surface area contributed by atoms with Crippen LogP contribution in [0.4, 0.5) is 13.2 Å². The van der Waals surface area contributed by atoms with Crippen molar-refractivity contribution in [2.75, 3.05) is 31.6 Å². The molecule has 0 aromatic heterocycles. The van der Waals surface area contributed by atoms with Crippen molar-refractivity contribution >= 4 is 11.8 Å². The average Bonchev–Trinajstić information content (AvgIpc) is 2.27. The maximum absolute atomic E-state index is 12.2. The lowest BCUT2D eigenvalue weighted by atomic mass is 10.0. The van der Waals surface area contributed by atoms with Crippen LogP contribution in [0.5, 0.6) is 0 Å². The molecule has 1 saturated heterocycles. The van der Waals surface area contributed by atoms with E-state index in [9.17, 15) is 13.2 Å². The van der Waals surface area contributed by atoms with Crippen molar-refractivity contribution in [3.05, 3.63) is 0 Å². The number of halogens is 3. The van der Waals surface area contributed by atoms with E-state index in [-0.39, 0.29) is 0 Å². The number of nitrogens with zero attached hydrogens (tertiary/aromatic N) is 1. The highest BCUT2D eigenvalue weighted by Crippen LogP contribution is 2.20. The minimum atomic E-state index is -4.06. The summed E-state index contributed by atoms with van der Waals surface area (Å²) >= 11 is 1.83. The largest absolute Gasteiger partial charge is 0.401 e. The van der Waals surface area contributed by atoms with E-state index in [1.807, 2.05) is 11.8 Å². The van der Waals surface area contributed by atoms with Gasteiger partial charge in [0.25, 0.3) is 0 Å². The van der Waals surface area contributed by atoms with Gasteiger partial charge in [-0.3, -0.25) is 4.90 Å². The molecule has 1 aliphatic heterocycles. The van der Waals surface area contributed by atoms with E-state index < -0.39 is 12.7 Å². The molecular weight excluding hydrogens is 261 g/mol. The summed E-state index contributed by atoms with van der Waals surface area (Å²) in [6, 6.07) is 0.836. The predicted octanol–water partition coefficient (Wildman–Crippen LogP) is 2.74. The summed E-state index contributed by atoms with van der Waals surface area (Å²) < 4.78 is 36.7. The van der Waals surface area contributed by atoms with Gasteiger partial charge >= 0.3 is 6.18 Å². The van der Waals surface area contributed by atoms with E-state index in [0.29, 0.717) is 25.2 Å². The van der Waals surface area contributed by atoms with E-state index >= 15 is 0 Å². The third kappa shape index (κ3) is 6.85. The van der Waals surface area contributed by atoms with Crippen molar-refractivity contribution in [2.45, 2.75) is 44.4 Å². The Kier molecular flexibility index (Phi) is 6.81. The number of hydrogen-bond acceptors (Lipinski definition) is 3. The van der Waals surface area contributed by atoms with Gasteiger partial charge in [0.15, 0.2) is 0 Å². The molecule has 0 amide bonds. The first-order valence-electron chi connectivity index (χ1n) is 6.45. The summed E-state index contributed by atoms with van der Waals surface area (Å²) in [6.07, 6.45) is 0.775. The summed E-state index contributed by atoms with van der Waals surface area (Å²) in [5.41, 5.74) is 0. The van der Waals surface area contributed by atoms with Crippen LogP contribution >= 0.6 is 11.8 Å². The first kappa shape index (κ1) is 16.1. The normalized spacial score (nSPS) is 21.2. The van der Waals surface area contributed by atoms with Gasteiger partial charge in [-0.2, -0.15) is 24.9 Å². The molecule has 1 unspecified atom stereocenters. The maximum atomic E-state index is 12.2. The van der Waals surface area contributed by atoms with Crippen LogP contribution in [0, 0.1) is 0 Å². The number of likely N-dealkylation sites (tertiary alicyclic amines) is 1. The summed E-state index contributed by atoms with van der Waals surface area (Å²) in [6.45, 7) is 2.49.